The second-order valence-electron chi connectivity index (χ2n) is 6.92. The van der Waals surface area contributed by atoms with Crippen LogP contribution in [-0.4, -0.2) is 41.6 Å². The third-order valence-electron chi connectivity index (χ3n) is 4.62. The van der Waals surface area contributed by atoms with Crippen LogP contribution in [0.1, 0.15) is 23.6 Å². The highest BCUT2D eigenvalue weighted by Gasteiger charge is 2.28. The van der Waals surface area contributed by atoms with Crippen LogP contribution < -0.4 is 4.74 Å². The molecule has 1 amide bonds. The lowest BCUT2D eigenvalue weighted by Gasteiger charge is -2.39. The first-order chi connectivity index (χ1) is 12.9. The molecule has 0 spiro atoms. The molecule has 0 saturated carbocycles. The fourth-order valence-electron chi connectivity index (χ4n) is 3.40. The summed E-state index contributed by atoms with van der Waals surface area (Å²) in [6.07, 6.45) is -0.418. The quantitative estimate of drug-likeness (QED) is 0.830. The average Bonchev–Trinajstić information content (AvgIpc) is 2.61. The maximum absolute atomic E-state index is 13.6. The predicted molar refractivity (Wildman–Crippen MR) is 99.8 cm³/mol. The van der Waals surface area contributed by atoms with Crippen molar-refractivity contribution < 1.29 is 13.9 Å². The van der Waals surface area contributed by atoms with Crippen LogP contribution >= 0.6 is 0 Å². The molecule has 2 aromatic carbocycles. The van der Waals surface area contributed by atoms with Gasteiger partial charge in [0.05, 0.1) is 11.6 Å². The van der Waals surface area contributed by atoms with Gasteiger partial charge < -0.3 is 9.64 Å². The van der Waals surface area contributed by atoms with E-state index in [4.69, 9.17) is 10.00 Å². The molecular weight excluding hydrogens is 345 g/mol. The van der Waals surface area contributed by atoms with Crippen LogP contribution in [0.25, 0.3) is 0 Å². The van der Waals surface area contributed by atoms with Crippen molar-refractivity contribution in [1.29, 1.82) is 5.26 Å². The van der Waals surface area contributed by atoms with Crippen LogP contribution in [0.15, 0.2) is 42.5 Å². The summed E-state index contributed by atoms with van der Waals surface area (Å²) in [7, 11) is 0. The summed E-state index contributed by atoms with van der Waals surface area (Å²) in [5, 5.41) is 8.94. The predicted octanol–water partition coefficient (Wildman–Crippen LogP) is 3.71. The molecule has 0 N–H and O–H groups in total. The van der Waals surface area contributed by atoms with Gasteiger partial charge in [0.25, 0.3) is 0 Å². The van der Waals surface area contributed by atoms with Gasteiger partial charge in [0.15, 0.2) is 0 Å². The molecule has 0 radical (unpaired) electrons. The molecule has 0 aliphatic carbocycles. The fourth-order valence-corrected chi connectivity index (χ4v) is 3.40. The normalized spacial score (nSPS) is 17.4. The minimum Gasteiger partial charge on any atom is -0.410 e. The fraction of sp³-hybridized carbons (Fsp3) is 0.333. The van der Waals surface area contributed by atoms with Gasteiger partial charge in [0.1, 0.15) is 11.6 Å². The number of benzene rings is 2. The van der Waals surface area contributed by atoms with E-state index in [0.717, 1.165) is 11.1 Å². The van der Waals surface area contributed by atoms with E-state index in [1.165, 1.54) is 6.07 Å². The SMILES string of the molecule is Cc1cc(F)cc(CN2CCN(C(=O)Oc3cccc(C#N)c3)[C@H](C)C2)c1. The molecule has 27 heavy (non-hydrogen) atoms. The van der Waals surface area contributed by atoms with Crippen LogP contribution in [0.2, 0.25) is 0 Å². The summed E-state index contributed by atoms with van der Waals surface area (Å²) in [5.41, 5.74) is 2.28. The molecule has 1 aliphatic rings. The lowest BCUT2D eigenvalue weighted by molar-refractivity contribution is 0.0752. The molecule has 5 nitrogen and oxygen atoms in total. The van der Waals surface area contributed by atoms with Gasteiger partial charge in [0, 0.05) is 32.2 Å². The highest BCUT2D eigenvalue weighted by Crippen LogP contribution is 2.18. The Labute approximate surface area is 158 Å². The molecule has 3 rings (SSSR count). The van der Waals surface area contributed by atoms with Crippen molar-refractivity contribution in [3.63, 3.8) is 0 Å². The molecular formula is C21H22FN3O2. The Morgan fingerprint density at radius 3 is 2.81 bits per heavy atom. The minimum absolute atomic E-state index is 0.0277. The van der Waals surface area contributed by atoms with E-state index >= 15 is 0 Å². The monoisotopic (exact) mass is 367 g/mol. The Bertz CT molecular complexity index is 858. The molecule has 1 atom stereocenters. The number of carbonyl (C=O) groups is 1. The lowest BCUT2D eigenvalue weighted by atomic mass is 10.1. The summed E-state index contributed by atoms with van der Waals surface area (Å²) < 4.78 is 19.0. The van der Waals surface area contributed by atoms with E-state index in [9.17, 15) is 9.18 Å². The van der Waals surface area contributed by atoms with Crippen molar-refractivity contribution in [2.24, 2.45) is 0 Å². The number of hydrogen-bond acceptors (Lipinski definition) is 4. The van der Waals surface area contributed by atoms with Gasteiger partial charge in [-0.25, -0.2) is 9.18 Å². The summed E-state index contributed by atoms with van der Waals surface area (Å²) in [6.45, 7) is 6.40. The number of aryl methyl sites for hydroxylation is 1. The number of piperazine rings is 1. The van der Waals surface area contributed by atoms with Crippen LogP contribution in [0, 0.1) is 24.1 Å². The molecule has 1 saturated heterocycles. The number of rotatable bonds is 3. The maximum Gasteiger partial charge on any atom is 0.415 e. The molecule has 1 fully saturated rings. The summed E-state index contributed by atoms with van der Waals surface area (Å²) in [4.78, 5) is 16.4. The van der Waals surface area contributed by atoms with Crippen molar-refractivity contribution >= 4 is 6.09 Å². The summed E-state index contributed by atoms with van der Waals surface area (Å²) >= 11 is 0. The van der Waals surface area contributed by atoms with Crippen molar-refractivity contribution in [1.82, 2.24) is 9.80 Å². The lowest BCUT2D eigenvalue weighted by Crippen LogP contribution is -2.54. The highest BCUT2D eigenvalue weighted by atomic mass is 19.1. The van der Waals surface area contributed by atoms with Crippen LogP contribution in [0.3, 0.4) is 0 Å². The Morgan fingerprint density at radius 2 is 2.11 bits per heavy atom. The van der Waals surface area contributed by atoms with Crippen molar-refractivity contribution in [3.8, 4) is 11.8 Å². The van der Waals surface area contributed by atoms with Crippen LogP contribution in [0.5, 0.6) is 5.75 Å². The van der Waals surface area contributed by atoms with Gasteiger partial charge in [-0.1, -0.05) is 12.1 Å². The Hall–Kier alpha value is -2.91. The number of halogens is 1. The number of nitrogens with zero attached hydrogens (tertiary/aromatic N) is 3. The highest BCUT2D eigenvalue weighted by molar-refractivity contribution is 5.71. The molecule has 0 aromatic heterocycles. The van der Waals surface area contributed by atoms with Gasteiger partial charge in [0.2, 0.25) is 0 Å². The molecule has 6 heteroatoms. The smallest absolute Gasteiger partial charge is 0.410 e. The van der Waals surface area contributed by atoms with E-state index < -0.39 is 6.09 Å². The van der Waals surface area contributed by atoms with Gasteiger partial charge in [-0.2, -0.15) is 5.26 Å². The maximum atomic E-state index is 13.6. The van der Waals surface area contributed by atoms with Gasteiger partial charge >= 0.3 is 6.09 Å². The minimum atomic E-state index is -0.418. The van der Waals surface area contributed by atoms with E-state index in [1.54, 1.807) is 35.2 Å². The average molecular weight is 367 g/mol. The van der Waals surface area contributed by atoms with E-state index in [1.807, 2.05) is 26.0 Å². The van der Waals surface area contributed by atoms with Crippen molar-refractivity contribution in [2.75, 3.05) is 19.6 Å². The van der Waals surface area contributed by atoms with Gasteiger partial charge in [-0.05, 0) is 55.3 Å². The molecule has 0 bridgehead atoms. The number of carbonyl (C=O) groups excluding carboxylic acids is 1. The summed E-state index contributed by atoms with van der Waals surface area (Å²) in [5.74, 6) is 0.142. The van der Waals surface area contributed by atoms with Crippen molar-refractivity contribution in [3.05, 3.63) is 65.0 Å². The Balaban J connectivity index is 1.59. The van der Waals surface area contributed by atoms with Crippen LogP contribution in [0.4, 0.5) is 9.18 Å². The zero-order valence-electron chi connectivity index (χ0n) is 15.5. The number of nitriles is 1. The standard InChI is InChI=1S/C21H22FN3O2/c1-15-8-18(10-19(22)9-15)14-24-6-7-25(16(2)13-24)21(26)27-20-5-3-4-17(11-20)12-23/h3-5,8-11,16H,6-7,13-14H2,1-2H3/t16-/m1/s1. The topological polar surface area (TPSA) is 56.6 Å². The third kappa shape index (κ3) is 4.83. The third-order valence-corrected chi connectivity index (χ3v) is 4.62. The van der Waals surface area contributed by atoms with Gasteiger partial charge in [-0.15, -0.1) is 0 Å². The first-order valence-corrected chi connectivity index (χ1v) is 8.91. The zero-order valence-corrected chi connectivity index (χ0v) is 15.5. The Kier molecular flexibility index (Phi) is 5.72. The zero-order chi connectivity index (χ0) is 19.4. The Morgan fingerprint density at radius 1 is 1.30 bits per heavy atom. The second kappa shape index (κ2) is 8.19. The summed E-state index contributed by atoms with van der Waals surface area (Å²) in [6, 6.07) is 13.6. The molecule has 140 valence electrons. The van der Waals surface area contributed by atoms with E-state index in [0.29, 0.717) is 37.5 Å². The molecule has 2 aromatic rings. The first kappa shape index (κ1) is 18.9. The number of amides is 1. The van der Waals surface area contributed by atoms with Crippen molar-refractivity contribution in [2.45, 2.75) is 26.4 Å². The van der Waals surface area contributed by atoms with Gasteiger partial charge in [-0.3, -0.25) is 4.90 Å². The largest absolute Gasteiger partial charge is 0.415 e. The second-order valence-corrected chi connectivity index (χ2v) is 6.92. The van der Waals surface area contributed by atoms with E-state index in [-0.39, 0.29) is 11.9 Å². The van der Waals surface area contributed by atoms with Crippen LogP contribution in [-0.2, 0) is 6.54 Å². The number of hydrogen-bond donors (Lipinski definition) is 0. The van der Waals surface area contributed by atoms with E-state index in [2.05, 4.69) is 4.90 Å². The number of ether oxygens (including phenoxy) is 1. The molecule has 1 aliphatic heterocycles. The first-order valence-electron chi connectivity index (χ1n) is 8.91. The molecule has 0 unspecified atom stereocenters. The molecule has 1 heterocycles.